The quantitative estimate of drug-likeness (QED) is 0.188. The van der Waals surface area contributed by atoms with Crippen LogP contribution in [0, 0.1) is 0 Å². The fourth-order valence-corrected chi connectivity index (χ4v) is 6.77. The summed E-state index contributed by atoms with van der Waals surface area (Å²) in [4.78, 5) is 0. The molecule has 2 N–H and O–H groups in total. The van der Waals surface area contributed by atoms with E-state index in [1.807, 2.05) is 0 Å². The van der Waals surface area contributed by atoms with Gasteiger partial charge < -0.3 is 10.6 Å². The van der Waals surface area contributed by atoms with Crippen molar-refractivity contribution >= 4 is 55.1 Å². The van der Waals surface area contributed by atoms with Gasteiger partial charge in [-0.25, -0.2) is 0 Å². The van der Waals surface area contributed by atoms with Gasteiger partial charge >= 0.3 is 0 Å². The molecule has 2 heteroatoms. The maximum Gasteiger partial charge on any atom is 0.0485 e. The molecule has 0 bridgehead atoms. The van der Waals surface area contributed by atoms with Crippen molar-refractivity contribution in [3.05, 3.63) is 157 Å². The van der Waals surface area contributed by atoms with Gasteiger partial charge in [0.2, 0.25) is 0 Å². The predicted molar refractivity (Wildman–Crippen MR) is 199 cm³/mol. The summed E-state index contributed by atoms with van der Waals surface area (Å²) < 4.78 is 0. The van der Waals surface area contributed by atoms with E-state index in [9.17, 15) is 0 Å². The van der Waals surface area contributed by atoms with Crippen LogP contribution in [0.2, 0.25) is 0 Å². The van der Waals surface area contributed by atoms with Crippen LogP contribution in [0.4, 0.5) is 22.7 Å². The molecule has 46 heavy (non-hydrogen) atoms. The average molecular weight is 593 g/mol. The van der Waals surface area contributed by atoms with E-state index in [1.54, 1.807) is 0 Å². The molecule has 0 aliphatic rings. The lowest BCUT2D eigenvalue weighted by atomic mass is 9.83. The molecule has 0 atom stereocenters. The van der Waals surface area contributed by atoms with Crippen molar-refractivity contribution in [2.45, 2.75) is 26.2 Å². The molecule has 8 rings (SSSR count). The van der Waals surface area contributed by atoms with Crippen LogP contribution in [-0.2, 0) is 5.41 Å². The maximum absolute atomic E-state index is 3.89. The Morgan fingerprint density at radius 1 is 0.391 bits per heavy atom. The molecule has 0 aromatic heterocycles. The highest BCUT2D eigenvalue weighted by atomic mass is 14.9. The molecule has 0 amide bonds. The standard InChI is InChI=1S/C44H36N2/c1-44(2,3)33-26-31-22-24-36-40(45-38-20-12-10-18-34(38)29-14-6-4-7-15-29)28-41(37-25-23-32(27-33)42(31)43(36)37)46-39-21-13-11-19-35(39)30-16-8-5-9-17-30/h4-28,45-46H,1-3H3. The normalized spacial score (nSPS) is 11.8. The van der Waals surface area contributed by atoms with Crippen molar-refractivity contribution in [1.29, 1.82) is 0 Å². The van der Waals surface area contributed by atoms with Crippen molar-refractivity contribution in [1.82, 2.24) is 0 Å². The first kappa shape index (κ1) is 27.9. The number of rotatable bonds is 6. The van der Waals surface area contributed by atoms with Gasteiger partial charge in [0, 0.05) is 50.0 Å². The van der Waals surface area contributed by atoms with Crippen molar-refractivity contribution in [2.75, 3.05) is 10.6 Å². The second-order valence-electron chi connectivity index (χ2n) is 13.2. The molecule has 0 aliphatic heterocycles. The highest BCUT2D eigenvalue weighted by molar-refractivity contribution is 6.28. The molecule has 0 unspecified atom stereocenters. The molecule has 0 aliphatic carbocycles. The molecule has 8 aromatic carbocycles. The summed E-state index contributed by atoms with van der Waals surface area (Å²) in [5, 5.41) is 15.3. The molecule has 0 fully saturated rings. The van der Waals surface area contributed by atoms with Crippen LogP contribution < -0.4 is 10.6 Å². The van der Waals surface area contributed by atoms with E-state index in [1.165, 1.54) is 60.1 Å². The summed E-state index contributed by atoms with van der Waals surface area (Å²) in [7, 11) is 0. The third kappa shape index (κ3) is 4.93. The van der Waals surface area contributed by atoms with Crippen LogP contribution in [0.3, 0.4) is 0 Å². The van der Waals surface area contributed by atoms with Gasteiger partial charge in [0.1, 0.15) is 0 Å². The molecular weight excluding hydrogens is 556 g/mol. The first-order valence-corrected chi connectivity index (χ1v) is 16.0. The lowest BCUT2D eigenvalue weighted by Crippen LogP contribution is -2.10. The summed E-state index contributed by atoms with van der Waals surface area (Å²) in [6.07, 6.45) is 0. The molecule has 2 nitrogen and oxygen atoms in total. The van der Waals surface area contributed by atoms with E-state index in [2.05, 4.69) is 183 Å². The van der Waals surface area contributed by atoms with Gasteiger partial charge in [0.25, 0.3) is 0 Å². The van der Waals surface area contributed by atoms with Crippen LogP contribution >= 0.6 is 0 Å². The summed E-state index contributed by atoms with van der Waals surface area (Å²) in [5.74, 6) is 0. The van der Waals surface area contributed by atoms with Gasteiger partial charge in [-0.3, -0.25) is 0 Å². The fraction of sp³-hybridized carbons (Fsp3) is 0.0909. The fourth-order valence-electron chi connectivity index (χ4n) is 6.77. The van der Waals surface area contributed by atoms with Gasteiger partial charge in [-0.2, -0.15) is 0 Å². The zero-order chi connectivity index (χ0) is 31.3. The largest absolute Gasteiger partial charge is 0.354 e. The summed E-state index contributed by atoms with van der Waals surface area (Å²) in [6.45, 7) is 6.87. The highest BCUT2D eigenvalue weighted by Gasteiger charge is 2.20. The van der Waals surface area contributed by atoms with Gasteiger partial charge in [0.15, 0.2) is 0 Å². The summed E-state index contributed by atoms with van der Waals surface area (Å²) in [6, 6.07) is 54.6. The van der Waals surface area contributed by atoms with E-state index < -0.39 is 0 Å². The van der Waals surface area contributed by atoms with Crippen LogP contribution in [0.5, 0.6) is 0 Å². The van der Waals surface area contributed by atoms with Crippen molar-refractivity contribution in [3.8, 4) is 22.3 Å². The summed E-state index contributed by atoms with van der Waals surface area (Å²) in [5.41, 5.74) is 10.4. The van der Waals surface area contributed by atoms with Crippen molar-refractivity contribution in [3.63, 3.8) is 0 Å². The minimum absolute atomic E-state index is 0.0617. The van der Waals surface area contributed by atoms with Crippen molar-refractivity contribution in [2.24, 2.45) is 0 Å². The van der Waals surface area contributed by atoms with E-state index in [0.717, 1.165) is 22.7 Å². The number of hydrogen-bond acceptors (Lipinski definition) is 2. The summed E-state index contributed by atoms with van der Waals surface area (Å²) >= 11 is 0. The topological polar surface area (TPSA) is 24.1 Å². The Morgan fingerprint density at radius 3 is 1.28 bits per heavy atom. The van der Waals surface area contributed by atoms with Gasteiger partial charge in [-0.1, -0.05) is 154 Å². The molecule has 0 heterocycles. The molecule has 0 saturated heterocycles. The Morgan fingerprint density at radius 2 is 0.826 bits per heavy atom. The molecule has 222 valence electrons. The second kappa shape index (κ2) is 11.1. The maximum atomic E-state index is 3.89. The zero-order valence-electron chi connectivity index (χ0n) is 26.4. The zero-order valence-corrected chi connectivity index (χ0v) is 26.4. The molecule has 0 saturated carbocycles. The number of benzene rings is 8. The minimum Gasteiger partial charge on any atom is -0.354 e. The monoisotopic (exact) mass is 592 g/mol. The van der Waals surface area contributed by atoms with Gasteiger partial charge in [-0.05, 0) is 56.5 Å². The second-order valence-corrected chi connectivity index (χ2v) is 13.2. The van der Waals surface area contributed by atoms with Crippen LogP contribution in [-0.4, -0.2) is 0 Å². The average Bonchev–Trinajstić information content (AvgIpc) is 3.09. The molecular formula is C44H36N2. The van der Waals surface area contributed by atoms with Gasteiger partial charge in [0.05, 0.1) is 0 Å². The van der Waals surface area contributed by atoms with Crippen LogP contribution in [0.25, 0.3) is 54.6 Å². The lowest BCUT2D eigenvalue weighted by molar-refractivity contribution is 0.591. The molecule has 0 spiro atoms. The Bertz CT molecular complexity index is 2180. The van der Waals surface area contributed by atoms with E-state index in [0.29, 0.717) is 0 Å². The first-order chi connectivity index (χ1) is 22.4. The number of para-hydroxylation sites is 2. The third-order valence-corrected chi connectivity index (χ3v) is 9.14. The Kier molecular flexibility index (Phi) is 6.73. The number of anilines is 4. The number of hydrogen-bond donors (Lipinski definition) is 2. The molecule has 0 radical (unpaired) electrons. The molecule has 8 aromatic rings. The van der Waals surface area contributed by atoms with E-state index >= 15 is 0 Å². The van der Waals surface area contributed by atoms with Crippen LogP contribution in [0.1, 0.15) is 26.3 Å². The Balaban J connectivity index is 1.37. The van der Waals surface area contributed by atoms with E-state index in [-0.39, 0.29) is 5.41 Å². The minimum atomic E-state index is 0.0617. The number of nitrogens with one attached hydrogen (secondary N) is 2. The van der Waals surface area contributed by atoms with Crippen LogP contribution in [0.15, 0.2) is 152 Å². The van der Waals surface area contributed by atoms with E-state index in [4.69, 9.17) is 0 Å². The lowest BCUT2D eigenvalue weighted by Gasteiger charge is -2.23. The highest BCUT2D eigenvalue weighted by Crippen LogP contribution is 2.45. The smallest absolute Gasteiger partial charge is 0.0485 e. The van der Waals surface area contributed by atoms with Gasteiger partial charge in [-0.15, -0.1) is 0 Å². The SMILES string of the molecule is CC(C)(C)c1cc2ccc3c(Nc4ccccc4-c4ccccc4)cc(Nc4ccccc4-c4ccccc4)c4ccc(c1)c2c34. The first-order valence-electron chi connectivity index (χ1n) is 16.0. The predicted octanol–water partition coefficient (Wildman–Crippen LogP) is 12.7. The Labute approximate surface area is 270 Å². The Hall–Kier alpha value is -5.60. The van der Waals surface area contributed by atoms with Crippen molar-refractivity contribution < 1.29 is 0 Å². The third-order valence-electron chi connectivity index (χ3n) is 9.14.